The first-order valence-electron chi connectivity index (χ1n) is 12.6. The number of hydrogen-bond donors (Lipinski definition) is 2. The van der Waals surface area contributed by atoms with Gasteiger partial charge in [-0.25, -0.2) is 0 Å². The number of benzene rings is 1. The van der Waals surface area contributed by atoms with Crippen LogP contribution >= 0.6 is 22.9 Å². The molecular formula is C28H32ClN5O5S. The molecule has 0 saturated carbocycles. The third-order valence-corrected chi connectivity index (χ3v) is 8.65. The smallest absolute Gasteiger partial charge is 0.249 e. The Morgan fingerprint density at radius 2 is 1.80 bits per heavy atom. The minimum atomic E-state index is -1.19. The van der Waals surface area contributed by atoms with Crippen LogP contribution in [0.15, 0.2) is 30.3 Å². The van der Waals surface area contributed by atoms with E-state index in [1.807, 2.05) is 19.9 Å². The van der Waals surface area contributed by atoms with Crippen molar-refractivity contribution >= 4 is 52.1 Å². The summed E-state index contributed by atoms with van der Waals surface area (Å²) in [4.78, 5) is 56.1. The number of primary amides is 1. The summed E-state index contributed by atoms with van der Waals surface area (Å²) in [6.07, 6.45) is 0. The number of ketones is 1. The molecule has 4 rings (SSSR count). The van der Waals surface area contributed by atoms with Crippen molar-refractivity contribution in [3.63, 3.8) is 0 Å². The van der Waals surface area contributed by atoms with Crippen molar-refractivity contribution in [2.75, 3.05) is 19.0 Å². The fourth-order valence-electron chi connectivity index (χ4n) is 5.78. The van der Waals surface area contributed by atoms with Gasteiger partial charge < -0.3 is 20.7 Å². The number of nitrogens with two attached hydrogens (primary N) is 1. The fraction of sp³-hybridized carbons (Fsp3) is 0.393. The van der Waals surface area contributed by atoms with Crippen LogP contribution in [0.1, 0.15) is 55.8 Å². The van der Waals surface area contributed by atoms with Crippen LogP contribution in [-0.2, 0) is 26.2 Å². The Balaban J connectivity index is 2.02. The minimum Gasteiger partial charge on any atom is -0.375 e. The molecule has 1 aromatic carbocycles. The van der Waals surface area contributed by atoms with Crippen LogP contribution in [0.4, 0.5) is 5.69 Å². The first-order chi connectivity index (χ1) is 18.9. The number of nitrogens with one attached hydrogen (secondary N) is 1. The number of aromatic nitrogens is 2. The van der Waals surface area contributed by atoms with Crippen molar-refractivity contribution in [3.8, 4) is 0 Å². The van der Waals surface area contributed by atoms with E-state index in [1.165, 1.54) is 35.0 Å². The summed E-state index contributed by atoms with van der Waals surface area (Å²) in [5, 5.41) is 7.41. The molecule has 1 fully saturated rings. The van der Waals surface area contributed by atoms with Gasteiger partial charge in [-0.2, -0.15) is 5.10 Å². The third kappa shape index (κ3) is 5.28. The van der Waals surface area contributed by atoms with Gasteiger partial charge in [0, 0.05) is 53.6 Å². The molecule has 12 heteroatoms. The predicted molar refractivity (Wildman–Crippen MR) is 153 cm³/mol. The number of carbonyl (C=O) groups is 4. The number of likely N-dealkylation sites (tertiary alicyclic amines) is 1. The van der Waals surface area contributed by atoms with Crippen LogP contribution in [0.5, 0.6) is 0 Å². The largest absolute Gasteiger partial charge is 0.375 e. The van der Waals surface area contributed by atoms with Gasteiger partial charge in [0.25, 0.3) is 0 Å². The van der Waals surface area contributed by atoms with E-state index in [1.54, 1.807) is 38.2 Å². The molecule has 4 atom stereocenters. The second kappa shape index (κ2) is 11.5. The van der Waals surface area contributed by atoms with Crippen molar-refractivity contribution in [2.24, 2.45) is 18.7 Å². The summed E-state index contributed by atoms with van der Waals surface area (Å²) in [6.45, 7) is 6.60. The van der Waals surface area contributed by atoms with Gasteiger partial charge in [-0.1, -0.05) is 23.7 Å². The molecular weight excluding hydrogens is 554 g/mol. The molecule has 3 amide bonds. The Morgan fingerprint density at radius 3 is 2.27 bits per heavy atom. The highest BCUT2D eigenvalue weighted by Gasteiger charge is 2.58. The van der Waals surface area contributed by atoms with Gasteiger partial charge in [0.05, 0.1) is 17.7 Å². The molecule has 0 bridgehead atoms. The van der Waals surface area contributed by atoms with Crippen LogP contribution < -0.4 is 11.1 Å². The van der Waals surface area contributed by atoms with Crippen molar-refractivity contribution in [1.29, 1.82) is 0 Å². The summed E-state index contributed by atoms with van der Waals surface area (Å²) in [5.41, 5.74) is 8.67. The van der Waals surface area contributed by atoms with Gasteiger partial charge >= 0.3 is 0 Å². The fourth-order valence-corrected chi connectivity index (χ4v) is 6.99. The lowest BCUT2D eigenvalue weighted by Gasteiger charge is -2.30. The number of hydrogen-bond acceptors (Lipinski definition) is 7. The molecule has 40 heavy (non-hydrogen) atoms. The number of Topliss-reactive ketones (excluding diaryl/α,β-unsaturated/α-hetero) is 1. The first kappa shape index (κ1) is 29.4. The topological polar surface area (TPSA) is 137 Å². The van der Waals surface area contributed by atoms with Crippen LogP contribution in [0.2, 0.25) is 5.15 Å². The van der Waals surface area contributed by atoms with Crippen LogP contribution in [0, 0.1) is 26.7 Å². The average molecular weight is 586 g/mol. The van der Waals surface area contributed by atoms with Gasteiger partial charge in [0.2, 0.25) is 17.7 Å². The maximum Gasteiger partial charge on any atom is 0.249 e. The van der Waals surface area contributed by atoms with Crippen molar-refractivity contribution in [3.05, 3.63) is 67.6 Å². The quantitative estimate of drug-likeness (QED) is 0.387. The highest BCUT2D eigenvalue weighted by atomic mass is 35.5. The van der Waals surface area contributed by atoms with E-state index in [0.29, 0.717) is 28.1 Å². The lowest BCUT2D eigenvalue weighted by molar-refractivity contribution is -0.143. The van der Waals surface area contributed by atoms with Gasteiger partial charge in [-0.3, -0.25) is 23.9 Å². The normalized spacial score (nSPS) is 20.5. The highest BCUT2D eigenvalue weighted by Crippen LogP contribution is 2.53. The van der Waals surface area contributed by atoms with E-state index >= 15 is 0 Å². The van der Waals surface area contributed by atoms with Crippen LogP contribution in [-0.4, -0.2) is 57.9 Å². The SMILES string of the molecule is COCC(=O)N1C(C(N)=O)C(c2ccc(NC(C)=O)cc2)C(C(=O)c2cc(C)sc2C)C1c1c(C)nn(C)c1Cl. The van der Waals surface area contributed by atoms with E-state index in [-0.39, 0.29) is 23.5 Å². The zero-order chi connectivity index (χ0) is 29.5. The van der Waals surface area contributed by atoms with E-state index in [2.05, 4.69) is 10.4 Å². The Labute approximate surface area is 241 Å². The summed E-state index contributed by atoms with van der Waals surface area (Å²) in [5.74, 6) is -3.50. The lowest BCUT2D eigenvalue weighted by atomic mass is 9.76. The third-order valence-electron chi connectivity index (χ3n) is 7.23. The molecule has 3 N–H and O–H groups in total. The second-order valence-corrected chi connectivity index (χ2v) is 11.8. The average Bonchev–Trinajstić information content (AvgIpc) is 3.48. The van der Waals surface area contributed by atoms with Gasteiger partial charge in [-0.15, -0.1) is 11.3 Å². The standard InChI is InChI=1S/C28H32ClN5O5S/c1-13-11-19(15(3)40-13)26(37)23-22(17-7-9-18(10-8-17)31-16(4)35)25(28(30)38)34(20(36)12-39-6)24(23)21-14(2)32-33(5)27(21)29/h7-11,22-25H,12H2,1-6H3,(H2,30,38)(H,31,35). The van der Waals surface area contributed by atoms with Gasteiger partial charge in [-0.05, 0) is 44.5 Å². The van der Waals surface area contributed by atoms with Crippen LogP contribution in [0.3, 0.4) is 0 Å². The van der Waals surface area contributed by atoms with E-state index in [4.69, 9.17) is 22.1 Å². The molecule has 3 aromatic rings. The summed E-state index contributed by atoms with van der Waals surface area (Å²) in [7, 11) is 3.05. The molecule has 0 aliphatic carbocycles. The molecule has 212 valence electrons. The van der Waals surface area contributed by atoms with Gasteiger partial charge in [0.1, 0.15) is 17.8 Å². The number of nitrogens with zero attached hydrogens (tertiary/aromatic N) is 3. The number of rotatable bonds is 8. The zero-order valence-electron chi connectivity index (χ0n) is 23.1. The molecule has 1 saturated heterocycles. The Hall–Kier alpha value is -3.54. The lowest BCUT2D eigenvalue weighted by Crippen LogP contribution is -2.48. The number of carbonyl (C=O) groups excluding carboxylic acids is 4. The van der Waals surface area contributed by atoms with Crippen molar-refractivity contribution < 1.29 is 23.9 Å². The maximum atomic E-state index is 14.5. The van der Waals surface area contributed by atoms with E-state index in [0.717, 1.165) is 9.75 Å². The number of methoxy groups -OCH3 is 1. The highest BCUT2D eigenvalue weighted by molar-refractivity contribution is 7.12. The molecule has 1 aliphatic heterocycles. The Morgan fingerprint density at radius 1 is 1.15 bits per heavy atom. The van der Waals surface area contributed by atoms with E-state index < -0.39 is 35.7 Å². The number of amides is 3. The first-order valence-corrected chi connectivity index (χ1v) is 13.8. The Kier molecular flexibility index (Phi) is 8.48. The number of halogens is 1. The second-order valence-electron chi connectivity index (χ2n) is 9.99. The monoisotopic (exact) mass is 585 g/mol. The summed E-state index contributed by atoms with van der Waals surface area (Å²) < 4.78 is 6.64. The van der Waals surface area contributed by atoms with Crippen LogP contribution in [0.25, 0.3) is 0 Å². The molecule has 0 radical (unpaired) electrons. The molecule has 1 aliphatic rings. The number of anilines is 1. The van der Waals surface area contributed by atoms with Crippen molar-refractivity contribution in [2.45, 2.75) is 45.7 Å². The number of thiophene rings is 1. The zero-order valence-corrected chi connectivity index (χ0v) is 24.7. The molecule has 4 unspecified atom stereocenters. The molecule has 0 spiro atoms. The molecule has 3 heterocycles. The summed E-state index contributed by atoms with van der Waals surface area (Å²) in [6, 6.07) is 6.53. The molecule has 10 nitrogen and oxygen atoms in total. The minimum absolute atomic E-state index is 0.235. The van der Waals surface area contributed by atoms with Gasteiger partial charge in [0.15, 0.2) is 5.78 Å². The number of aryl methyl sites for hydroxylation is 4. The van der Waals surface area contributed by atoms with E-state index in [9.17, 15) is 19.2 Å². The summed E-state index contributed by atoms with van der Waals surface area (Å²) >= 11 is 8.24. The van der Waals surface area contributed by atoms with Crippen molar-refractivity contribution in [1.82, 2.24) is 14.7 Å². The predicted octanol–water partition coefficient (Wildman–Crippen LogP) is 3.69. The molecule has 2 aromatic heterocycles. The Bertz CT molecular complexity index is 1480. The number of ether oxygens (including phenoxy) is 1. The maximum absolute atomic E-state index is 14.5.